The molecule has 0 saturated carbocycles. The molecule has 0 aliphatic carbocycles. The molecule has 2 aromatic rings. The minimum Gasteiger partial charge on any atom is -0.496 e. The van der Waals surface area contributed by atoms with Gasteiger partial charge in [-0.1, -0.05) is 37.0 Å². The van der Waals surface area contributed by atoms with Crippen LogP contribution in [0.1, 0.15) is 42.7 Å². The van der Waals surface area contributed by atoms with E-state index in [1.807, 2.05) is 13.8 Å². The molecule has 1 aromatic carbocycles. The van der Waals surface area contributed by atoms with Gasteiger partial charge in [0.15, 0.2) is 0 Å². The lowest BCUT2D eigenvalue weighted by Gasteiger charge is -2.17. The van der Waals surface area contributed by atoms with Crippen LogP contribution in [0, 0.1) is 0 Å². The second-order valence-electron chi connectivity index (χ2n) is 5.16. The Bertz CT molecular complexity index is 653. The summed E-state index contributed by atoms with van der Waals surface area (Å²) in [5.41, 5.74) is 1.92. The fourth-order valence-electron chi connectivity index (χ4n) is 2.29. The van der Waals surface area contributed by atoms with E-state index in [0.29, 0.717) is 27.1 Å². The van der Waals surface area contributed by atoms with Crippen molar-refractivity contribution in [2.24, 2.45) is 7.05 Å². The van der Waals surface area contributed by atoms with Crippen LogP contribution in [0.4, 0.5) is 0 Å². The zero-order valence-corrected chi connectivity index (χ0v) is 13.9. The first kappa shape index (κ1) is 16.1. The van der Waals surface area contributed by atoms with Crippen molar-refractivity contribution < 1.29 is 9.84 Å². The van der Waals surface area contributed by atoms with Gasteiger partial charge in [-0.2, -0.15) is 5.10 Å². The quantitative estimate of drug-likeness (QED) is 0.924. The minimum atomic E-state index is -0.947. The maximum absolute atomic E-state index is 10.8. The molecular weight excluding hydrogens is 311 g/mol. The summed E-state index contributed by atoms with van der Waals surface area (Å²) in [4.78, 5) is 0. The van der Waals surface area contributed by atoms with Crippen LogP contribution in [-0.2, 0) is 7.05 Å². The highest BCUT2D eigenvalue weighted by Crippen LogP contribution is 2.38. The molecule has 2 rings (SSSR count). The fourth-order valence-corrected chi connectivity index (χ4v) is 2.71. The third-order valence-electron chi connectivity index (χ3n) is 3.35. The van der Waals surface area contributed by atoms with Crippen molar-refractivity contribution in [2.75, 3.05) is 7.11 Å². The average Bonchev–Trinajstić information content (AvgIpc) is 2.74. The van der Waals surface area contributed by atoms with Gasteiger partial charge in [0.2, 0.25) is 0 Å². The van der Waals surface area contributed by atoms with Crippen LogP contribution < -0.4 is 4.74 Å². The molecule has 1 N–H and O–H groups in total. The van der Waals surface area contributed by atoms with E-state index in [0.717, 1.165) is 5.69 Å². The topological polar surface area (TPSA) is 47.3 Å². The highest BCUT2D eigenvalue weighted by molar-refractivity contribution is 6.31. The Kier molecular flexibility index (Phi) is 4.81. The monoisotopic (exact) mass is 328 g/mol. The molecule has 1 atom stereocenters. The number of hydrogen-bond donors (Lipinski definition) is 1. The Hall–Kier alpha value is -1.23. The van der Waals surface area contributed by atoms with E-state index < -0.39 is 6.10 Å². The summed E-state index contributed by atoms with van der Waals surface area (Å²) in [6.45, 7) is 4.01. The van der Waals surface area contributed by atoms with Gasteiger partial charge in [-0.25, -0.2) is 0 Å². The second kappa shape index (κ2) is 6.26. The van der Waals surface area contributed by atoms with Crippen molar-refractivity contribution in [1.29, 1.82) is 0 Å². The molecule has 0 fully saturated rings. The zero-order valence-electron chi connectivity index (χ0n) is 12.4. The largest absolute Gasteiger partial charge is 0.496 e. The Morgan fingerprint density at radius 3 is 2.52 bits per heavy atom. The van der Waals surface area contributed by atoms with Crippen molar-refractivity contribution in [1.82, 2.24) is 9.78 Å². The third-order valence-corrected chi connectivity index (χ3v) is 4.03. The summed E-state index contributed by atoms with van der Waals surface area (Å²) in [6, 6.07) is 5.11. The Morgan fingerprint density at radius 1 is 1.29 bits per heavy atom. The van der Waals surface area contributed by atoms with E-state index in [1.165, 1.54) is 0 Å². The molecule has 0 radical (unpaired) electrons. The van der Waals surface area contributed by atoms with Gasteiger partial charge >= 0.3 is 0 Å². The Labute approximate surface area is 134 Å². The van der Waals surface area contributed by atoms with Crippen molar-refractivity contribution in [3.05, 3.63) is 45.2 Å². The van der Waals surface area contributed by atoms with Crippen LogP contribution in [0.2, 0.25) is 10.2 Å². The summed E-state index contributed by atoms with van der Waals surface area (Å²) in [5, 5.41) is 16.1. The van der Waals surface area contributed by atoms with Crippen LogP contribution in [0.25, 0.3) is 0 Å². The van der Waals surface area contributed by atoms with E-state index in [1.54, 1.807) is 37.0 Å². The van der Waals surface area contributed by atoms with E-state index in [-0.39, 0.29) is 5.92 Å². The third kappa shape index (κ3) is 3.03. The van der Waals surface area contributed by atoms with E-state index in [4.69, 9.17) is 27.9 Å². The molecule has 1 unspecified atom stereocenters. The Morgan fingerprint density at radius 2 is 1.95 bits per heavy atom. The first-order valence-corrected chi connectivity index (χ1v) is 7.36. The molecule has 114 valence electrons. The lowest BCUT2D eigenvalue weighted by Crippen LogP contribution is -2.06. The van der Waals surface area contributed by atoms with E-state index in [2.05, 4.69) is 5.10 Å². The first-order valence-electron chi connectivity index (χ1n) is 6.60. The molecule has 0 spiro atoms. The molecule has 0 bridgehead atoms. The molecule has 0 amide bonds. The number of nitrogens with zero attached hydrogens (tertiary/aromatic N) is 2. The SMILES string of the molecule is COc1ccc(Cl)cc1C(O)c1c(C(C)C)nn(C)c1Cl. The summed E-state index contributed by atoms with van der Waals surface area (Å²) in [5.74, 6) is 0.694. The van der Waals surface area contributed by atoms with Crippen molar-refractivity contribution in [3.63, 3.8) is 0 Å². The average molecular weight is 329 g/mol. The van der Waals surface area contributed by atoms with Crippen LogP contribution >= 0.6 is 23.2 Å². The van der Waals surface area contributed by atoms with Crippen molar-refractivity contribution in [3.8, 4) is 5.75 Å². The number of methoxy groups -OCH3 is 1. The molecule has 6 heteroatoms. The molecule has 1 heterocycles. The van der Waals surface area contributed by atoms with E-state index in [9.17, 15) is 5.11 Å². The summed E-state index contributed by atoms with van der Waals surface area (Å²) >= 11 is 12.3. The number of aromatic nitrogens is 2. The van der Waals surface area contributed by atoms with Crippen LogP contribution in [-0.4, -0.2) is 22.0 Å². The standard InChI is InChI=1S/C15H18Cl2N2O2/c1-8(2)13-12(15(17)19(3)18-13)14(20)10-7-9(16)5-6-11(10)21-4/h5-8,14,20H,1-4H3. The van der Waals surface area contributed by atoms with Crippen LogP contribution in [0.5, 0.6) is 5.75 Å². The molecule has 4 nitrogen and oxygen atoms in total. The van der Waals surface area contributed by atoms with Gasteiger partial charge < -0.3 is 9.84 Å². The van der Waals surface area contributed by atoms with Crippen LogP contribution in [0.15, 0.2) is 18.2 Å². The maximum Gasteiger partial charge on any atom is 0.133 e. The van der Waals surface area contributed by atoms with Gasteiger partial charge in [-0.3, -0.25) is 4.68 Å². The molecular formula is C15H18Cl2N2O2. The van der Waals surface area contributed by atoms with Crippen molar-refractivity contribution >= 4 is 23.2 Å². The lowest BCUT2D eigenvalue weighted by atomic mass is 9.97. The minimum absolute atomic E-state index is 0.138. The number of aliphatic hydroxyl groups is 1. The zero-order chi connectivity index (χ0) is 15.7. The number of aryl methyl sites for hydroxylation is 1. The molecule has 1 aromatic heterocycles. The molecule has 0 aliphatic heterocycles. The molecule has 0 saturated heterocycles. The highest BCUT2D eigenvalue weighted by Gasteiger charge is 2.26. The number of hydrogen-bond acceptors (Lipinski definition) is 3. The number of halogens is 2. The highest BCUT2D eigenvalue weighted by atomic mass is 35.5. The smallest absolute Gasteiger partial charge is 0.133 e. The summed E-state index contributed by atoms with van der Waals surface area (Å²) in [6.07, 6.45) is -0.947. The van der Waals surface area contributed by atoms with Gasteiger partial charge in [0.05, 0.1) is 12.8 Å². The van der Waals surface area contributed by atoms with Crippen molar-refractivity contribution in [2.45, 2.75) is 25.9 Å². The molecule has 0 aliphatic rings. The fraction of sp³-hybridized carbons (Fsp3) is 0.400. The predicted molar refractivity (Wildman–Crippen MR) is 84.4 cm³/mol. The number of aliphatic hydroxyl groups excluding tert-OH is 1. The summed E-state index contributed by atoms with van der Waals surface area (Å²) < 4.78 is 6.86. The maximum atomic E-state index is 10.8. The number of benzene rings is 1. The van der Waals surface area contributed by atoms with Gasteiger partial charge in [0, 0.05) is 23.2 Å². The Balaban J connectivity index is 2.60. The number of rotatable bonds is 4. The number of ether oxygens (including phenoxy) is 1. The lowest BCUT2D eigenvalue weighted by molar-refractivity contribution is 0.213. The van der Waals surface area contributed by atoms with Crippen LogP contribution in [0.3, 0.4) is 0 Å². The van der Waals surface area contributed by atoms with Gasteiger partial charge in [0.25, 0.3) is 0 Å². The van der Waals surface area contributed by atoms with Gasteiger partial charge in [-0.15, -0.1) is 0 Å². The summed E-state index contributed by atoms with van der Waals surface area (Å²) in [7, 11) is 3.30. The molecule has 21 heavy (non-hydrogen) atoms. The van der Waals surface area contributed by atoms with Gasteiger partial charge in [-0.05, 0) is 24.1 Å². The first-order chi connectivity index (χ1) is 9.86. The van der Waals surface area contributed by atoms with E-state index >= 15 is 0 Å². The van der Waals surface area contributed by atoms with Gasteiger partial charge in [0.1, 0.15) is 17.0 Å². The predicted octanol–water partition coefficient (Wildman–Crippen LogP) is 3.94. The normalized spacial score (nSPS) is 12.8. The second-order valence-corrected chi connectivity index (χ2v) is 5.95.